The van der Waals surface area contributed by atoms with Gasteiger partial charge in [0.05, 0.1) is 22.4 Å². The quantitative estimate of drug-likeness (QED) is 0.929. The zero-order valence-corrected chi connectivity index (χ0v) is 13.7. The lowest BCUT2D eigenvalue weighted by Crippen LogP contribution is -2.21. The second-order valence-electron chi connectivity index (χ2n) is 5.62. The average molecular weight is 302 g/mol. The summed E-state index contributed by atoms with van der Waals surface area (Å²) in [6, 6.07) is 4.38. The Kier molecular flexibility index (Phi) is 4.10. The Morgan fingerprint density at radius 3 is 2.71 bits per heavy atom. The van der Waals surface area contributed by atoms with Gasteiger partial charge in [-0.1, -0.05) is 0 Å². The molecule has 1 unspecified atom stereocenters. The first-order valence-corrected chi connectivity index (χ1v) is 8.37. The van der Waals surface area contributed by atoms with Gasteiger partial charge in [-0.15, -0.1) is 11.3 Å². The Balaban J connectivity index is 1.82. The standard InChI is InChI=1S/C16H22N4S/c1-11-15(21-13(3)18-11)12(2)19-14-7-6-8-17-16(14)20-9-4-5-10-20/h6-8,12,19H,4-5,9-10H2,1-3H3. The first kappa shape index (κ1) is 14.3. The van der Waals surface area contributed by atoms with Gasteiger partial charge in [-0.25, -0.2) is 9.97 Å². The molecule has 3 rings (SSSR count). The highest BCUT2D eigenvalue weighted by Crippen LogP contribution is 2.32. The van der Waals surface area contributed by atoms with E-state index in [9.17, 15) is 0 Å². The summed E-state index contributed by atoms with van der Waals surface area (Å²) in [6.45, 7) is 8.56. The van der Waals surface area contributed by atoms with E-state index in [2.05, 4.69) is 47.0 Å². The van der Waals surface area contributed by atoms with Gasteiger partial charge in [0, 0.05) is 24.2 Å². The lowest BCUT2D eigenvalue weighted by atomic mass is 10.2. The van der Waals surface area contributed by atoms with Crippen LogP contribution in [0.2, 0.25) is 0 Å². The second-order valence-corrected chi connectivity index (χ2v) is 6.85. The van der Waals surface area contributed by atoms with E-state index in [1.807, 2.05) is 12.3 Å². The van der Waals surface area contributed by atoms with Gasteiger partial charge in [0.15, 0.2) is 5.82 Å². The molecule has 21 heavy (non-hydrogen) atoms. The Bertz CT molecular complexity index is 616. The molecule has 0 aromatic carbocycles. The summed E-state index contributed by atoms with van der Waals surface area (Å²) in [7, 11) is 0. The first-order valence-electron chi connectivity index (χ1n) is 7.55. The second kappa shape index (κ2) is 6.02. The van der Waals surface area contributed by atoms with E-state index in [1.54, 1.807) is 11.3 Å². The van der Waals surface area contributed by atoms with E-state index < -0.39 is 0 Å². The van der Waals surface area contributed by atoms with Crippen LogP contribution in [0.15, 0.2) is 18.3 Å². The molecule has 4 nitrogen and oxygen atoms in total. The number of thiazole rings is 1. The molecule has 1 aliphatic rings. The third kappa shape index (κ3) is 3.02. The van der Waals surface area contributed by atoms with Crippen LogP contribution in [0.1, 0.15) is 41.4 Å². The molecule has 2 aromatic heterocycles. The van der Waals surface area contributed by atoms with Crippen molar-refractivity contribution in [2.75, 3.05) is 23.3 Å². The SMILES string of the molecule is Cc1nc(C)c(C(C)Nc2cccnc2N2CCCC2)s1. The highest BCUT2D eigenvalue weighted by Gasteiger charge is 2.19. The first-order chi connectivity index (χ1) is 10.1. The van der Waals surface area contributed by atoms with Crippen LogP contribution in [0.25, 0.3) is 0 Å². The molecule has 1 atom stereocenters. The zero-order valence-electron chi connectivity index (χ0n) is 12.9. The molecule has 0 radical (unpaired) electrons. The number of aryl methyl sites for hydroxylation is 2. The highest BCUT2D eigenvalue weighted by molar-refractivity contribution is 7.11. The largest absolute Gasteiger partial charge is 0.375 e. The van der Waals surface area contributed by atoms with Gasteiger partial charge >= 0.3 is 0 Å². The minimum Gasteiger partial charge on any atom is -0.375 e. The Morgan fingerprint density at radius 1 is 1.29 bits per heavy atom. The zero-order chi connectivity index (χ0) is 14.8. The van der Waals surface area contributed by atoms with Crippen molar-refractivity contribution in [1.29, 1.82) is 0 Å². The minimum atomic E-state index is 0.252. The van der Waals surface area contributed by atoms with E-state index >= 15 is 0 Å². The molecule has 1 N–H and O–H groups in total. The molecule has 0 bridgehead atoms. The maximum absolute atomic E-state index is 4.59. The fourth-order valence-electron chi connectivity index (χ4n) is 2.94. The van der Waals surface area contributed by atoms with Crippen molar-refractivity contribution >= 4 is 22.8 Å². The molecule has 0 amide bonds. The van der Waals surface area contributed by atoms with Crippen LogP contribution in [0.4, 0.5) is 11.5 Å². The molecule has 1 aliphatic heterocycles. The number of hydrogen-bond acceptors (Lipinski definition) is 5. The fraction of sp³-hybridized carbons (Fsp3) is 0.500. The maximum Gasteiger partial charge on any atom is 0.151 e. The summed E-state index contributed by atoms with van der Waals surface area (Å²) in [5, 5.41) is 4.75. The lowest BCUT2D eigenvalue weighted by molar-refractivity contribution is 0.876. The monoisotopic (exact) mass is 302 g/mol. The van der Waals surface area contributed by atoms with Crippen molar-refractivity contribution in [2.24, 2.45) is 0 Å². The Labute approximate surface area is 130 Å². The van der Waals surface area contributed by atoms with Crippen molar-refractivity contribution in [3.63, 3.8) is 0 Å². The van der Waals surface area contributed by atoms with Crippen LogP contribution < -0.4 is 10.2 Å². The van der Waals surface area contributed by atoms with E-state index in [0.717, 1.165) is 35.3 Å². The number of pyridine rings is 1. The van der Waals surface area contributed by atoms with E-state index in [1.165, 1.54) is 17.7 Å². The van der Waals surface area contributed by atoms with Crippen LogP contribution in [-0.2, 0) is 0 Å². The van der Waals surface area contributed by atoms with Gasteiger partial charge in [0.1, 0.15) is 0 Å². The molecule has 5 heteroatoms. The molecular weight excluding hydrogens is 280 g/mol. The molecule has 2 aromatic rings. The predicted molar refractivity (Wildman–Crippen MR) is 89.3 cm³/mol. The number of aromatic nitrogens is 2. The lowest BCUT2D eigenvalue weighted by Gasteiger charge is -2.22. The molecule has 1 fully saturated rings. The van der Waals surface area contributed by atoms with Crippen LogP contribution in [0, 0.1) is 13.8 Å². The third-order valence-corrected chi connectivity index (χ3v) is 5.15. The van der Waals surface area contributed by atoms with Gasteiger partial charge in [-0.3, -0.25) is 0 Å². The summed E-state index contributed by atoms with van der Waals surface area (Å²) >= 11 is 1.77. The van der Waals surface area contributed by atoms with Gasteiger partial charge in [0.25, 0.3) is 0 Å². The average Bonchev–Trinajstić information content (AvgIpc) is 3.09. The van der Waals surface area contributed by atoms with Crippen molar-refractivity contribution < 1.29 is 0 Å². The number of hydrogen-bond donors (Lipinski definition) is 1. The molecule has 112 valence electrons. The topological polar surface area (TPSA) is 41.1 Å². The number of anilines is 2. The smallest absolute Gasteiger partial charge is 0.151 e. The molecule has 0 saturated carbocycles. The normalized spacial score (nSPS) is 16.2. The van der Waals surface area contributed by atoms with Gasteiger partial charge < -0.3 is 10.2 Å². The summed E-state index contributed by atoms with van der Waals surface area (Å²) < 4.78 is 0. The van der Waals surface area contributed by atoms with E-state index in [4.69, 9.17) is 0 Å². The predicted octanol–water partition coefficient (Wildman–Crippen LogP) is 3.93. The number of nitrogens with zero attached hydrogens (tertiary/aromatic N) is 3. The molecular formula is C16H22N4S. The molecule has 3 heterocycles. The highest BCUT2D eigenvalue weighted by atomic mass is 32.1. The Hall–Kier alpha value is -1.62. The molecule has 0 aliphatic carbocycles. The minimum absolute atomic E-state index is 0.252. The summed E-state index contributed by atoms with van der Waals surface area (Å²) in [6.07, 6.45) is 4.41. The van der Waals surface area contributed by atoms with Crippen LogP contribution in [-0.4, -0.2) is 23.1 Å². The van der Waals surface area contributed by atoms with Crippen LogP contribution >= 0.6 is 11.3 Å². The Morgan fingerprint density at radius 2 is 2.05 bits per heavy atom. The summed E-state index contributed by atoms with van der Waals surface area (Å²) in [5.41, 5.74) is 2.25. The van der Waals surface area contributed by atoms with Gasteiger partial charge in [0.2, 0.25) is 0 Å². The van der Waals surface area contributed by atoms with Gasteiger partial charge in [-0.2, -0.15) is 0 Å². The summed E-state index contributed by atoms with van der Waals surface area (Å²) in [5.74, 6) is 1.08. The van der Waals surface area contributed by atoms with E-state index in [-0.39, 0.29) is 6.04 Å². The van der Waals surface area contributed by atoms with Crippen molar-refractivity contribution in [3.05, 3.63) is 33.9 Å². The van der Waals surface area contributed by atoms with Crippen LogP contribution in [0.3, 0.4) is 0 Å². The molecule has 1 saturated heterocycles. The van der Waals surface area contributed by atoms with Crippen molar-refractivity contribution in [2.45, 2.75) is 39.7 Å². The van der Waals surface area contributed by atoms with Crippen molar-refractivity contribution in [1.82, 2.24) is 9.97 Å². The number of rotatable bonds is 4. The summed E-state index contributed by atoms with van der Waals surface area (Å²) in [4.78, 5) is 12.8. The van der Waals surface area contributed by atoms with Crippen molar-refractivity contribution in [3.8, 4) is 0 Å². The maximum atomic E-state index is 4.59. The molecule has 0 spiro atoms. The van der Waals surface area contributed by atoms with Crippen LogP contribution in [0.5, 0.6) is 0 Å². The van der Waals surface area contributed by atoms with E-state index in [0.29, 0.717) is 0 Å². The fourth-order valence-corrected chi connectivity index (χ4v) is 3.87. The third-order valence-electron chi connectivity index (χ3n) is 3.90. The van der Waals surface area contributed by atoms with Gasteiger partial charge in [-0.05, 0) is 45.7 Å². The number of nitrogens with one attached hydrogen (secondary N) is 1.